The first-order chi connectivity index (χ1) is 13.2. The molecule has 0 bridgehead atoms. The van der Waals surface area contributed by atoms with Gasteiger partial charge in [0, 0.05) is 11.1 Å². The number of fused-ring (bicyclic) bond motifs is 1. The first kappa shape index (κ1) is 17.9. The molecule has 5 nitrogen and oxygen atoms in total. The Kier molecular flexibility index (Phi) is 5.31. The molecule has 0 unspecified atom stereocenters. The highest BCUT2D eigenvalue weighted by Crippen LogP contribution is 2.38. The van der Waals surface area contributed by atoms with Gasteiger partial charge in [0.05, 0.1) is 10.4 Å². The lowest BCUT2D eigenvalue weighted by molar-refractivity contribution is 0.102. The Labute approximate surface area is 165 Å². The van der Waals surface area contributed by atoms with Crippen molar-refractivity contribution in [3.63, 3.8) is 0 Å². The fourth-order valence-corrected chi connectivity index (χ4v) is 5.16. The van der Waals surface area contributed by atoms with E-state index in [9.17, 15) is 9.59 Å². The minimum Gasteiger partial charge on any atom is -0.312 e. The Morgan fingerprint density at radius 1 is 0.963 bits per heavy atom. The molecule has 0 fully saturated rings. The summed E-state index contributed by atoms with van der Waals surface area (Å²) in [6.07, 6.45) is 6.81. The fourth-order valence-electron chi connectivity index (χ4n) is 3.26. The molecule has 1 aliphatic rings. The van der Waals surface area contributed by atoms with Crippen molar-refractivity contribution in [3.8, 4) is 0 Å². The van der Waals surface area contributed by atoms with E-state index in [0.717, 1.165) is 31.2 Å². The molecule has 0 atom stereocenters. The zero-order valence-electron chi connectivity index (χ0n) is 14.7. The van der Waals surface area contributed by atoms with Crippen molar-refractivity contribution in [1.29, 1.82) is 0 Å². The van der Waals surface area contributed by atoms with Gasteiger partial charge in [-0.05, 0) is 54.8 Å². The number of rotatable bonds is 4. The number of aromatic nitrogens is 1. The number of nitrogens with zero attached hydrogens (tertiary/aromatic N) is 1. The molecule has 3 heterocycles. The second kappa shape index (κ2) is 8.02. The zero-order valence-corrected chi connectivity index (χ0v) is 16.3. The summed E-state index contributed by atoms with van der Waals surface area (Å²) >= 11 is 2.92. The van der Waals surface area contributed by atoms with Crippen LogP contribution in [0, 0.1) is 0 Å². The topological polar surface area (TPSA) is 71.1 Å². The van der Waals surface area contributed by atoms with Gasteiger partial charge in [0.1, 0.15) is 10.8 Å². The van der Waals surface area contributed by atoms with Gasteiger partial charge in [-0.25, -0.2) is 4.98 Å². The van der Waals surface area contributed by atoms with Crippen LogP contribution in [0.3, 0.4) is 0 Å². The lowest BCUT2D eigenvalue weighted by Crippen LogP contribution is -2.18. The maximum absolute atomic E-state index is 13.1. The number of amides is 2. The van der Waals surface area contributed by atoms with Crippen LogP contribution in [0.25, 0.3) is 0 Å². The molecule has 3 aromatic heterocycles. The number of hydrogen-bond acceptors (Lipinski definition) is 5. The molecule has 138 valence electrons. The number of aryl methyl sites for hydroxylation is 1. The number of nitrogens with one attached hydrogen (secondary N) is 2. The van der Waals surface area contributed by atoms with Gasteiger partial charge in [-0.1, -0.05) is 18.6 Å². The SMILES string of the molecule is O=C(Nc1sc2c(c1C(=O)Nc1ccccn1)CCCCC2)c1cccs1. The van der Waals surface area contributed by atoms with E-state index >= 15 is 0 Å². The van der Waals surface area contributed by atoms with Crippen LogP contribution in [0.2, 0.25) is 0 Å². The highest BCUT2D eigenvalue weighted by Gasteiger charge is 2.26. The van der Waals surface area contributed by atoms with Crippen molar-refractivity contribution < 1.29 is 9.59 Å². The smallest absolute Gasteiger partial charge is 0.266 e. The third kappa shape index (κ3) is 3.94. The van der Waals surface area contributed by atoms with E-state index < -0.39 is 0 Å². The molecular formula is C20H19N3O2S2. The van der Waals surface area contributed by atoms with Crippen LogP contribution in [0.4, 0.5) is 10.8 Å². The zero-order chi connectivity index (χ0) is 18.6. The standard InChI is InChI=1S/C20H19N3O2S2/c24-18(15-9-6-12-26-15)23-20-17(13-7-2-1-3-8-14(13)27-20)19(25)22-16-10-4-5-11-21-16/h4-6,9-12H,1-3,7-8H2,(H,23,24)(H,21,22,25). The van der Waals surface area contributed by atoms with E-state index in [-0.39, 0.29) is 11.8 Å². The molecule has 0 saturated heterocycles. The molecule has 4 rings (SSSR count). The van der Waals surface area contributed by atoms with E-state index in [0.29, 0.717) is 21.3 Å². The predicted octanol–water partition coefficient (Wildman–Crippen LogP) is 4.98. The van der Waals surface area contributed by atoms with E-state index in [1.165, 1.54) is 34.0 Å². The molecule has 3 aromatic rings. The fraction of sp³-hybridized carbons (Fsp3) is 0.250. The van der Waals surface area contributed by atoms with Crippen LogP contribution in [0.15, 0.2) is 41.9 Å². The monoisotopic (exact) mass is 397 g/mol. The maximum Gasteiger partial charge on any atom is 0.266 e. The van der Waals surface area contributed by atoms with Crippen molar-refractivity contribution in [3.05, 3.63) is 62.8 Å². The first-order valence-corrected chi connectivity index (χ1v) is 10.6. The summed E-state index contributed by atoms with van der Waals surface area (Å²) in [4.78, 5) is 31.6. The Hall–Kier alpha value is -2.51. The van der Waals surface area contributed by atoms with Crippen LogP contribution in [-0.2, 0) is 12.8 Å². The number of anilines is 2. The third-order valence-corrected chi connectivity index (χ3v) is 6.60. The highest BCUT2D eigenvalue weighted by atomic mass is 32.1. The quantitative estimate of drug-likeness (QED) is 0.610. The van der Waals surface area contributed by atoms with Crippen LogP contribution < -0.4 is 10.6 Å². The van der Waals surface area contributed by atoms with Gasteiger partial charge >= 0.3 is 0 Å². The molecular weight excluding hydrogens is 378 g/mol. The Morgan fingerprint density at radius 3 is 2.63 bits per heavy atom. The second-order valence-corrected chi connectivity index (χ2v) is 8.42. The Morgan fingerprint density at radius 2 is 1.85 bits per heavy atom. The number of pyridine rings is 1. The van der Waals surface area contributed by atoms with Gasteiger partial charge in [0.25, 0.3) is 11.8 Å². The number of carbonyl (C=O) groups is 2. The third-order valence-electron chi connectivity index (χ3n) is 4.53. The molecule has 0 aromatic carbocycles. The van der Waals surface area contributed by atoms with Crippen molar-refractivity contribution in [2.24, 2.45) is 0 Å². The molecule has 7 heteroatoms. The minimum absolute atomic E-state index is 0.173. The summed E-state index contributed by atoms with van der Waals surface area (Å²) in [6, 6.07) is 9.02. The molecule has 2 amide bonds. The number of thiophene rings is 2. The van der Waals surface area contributed by atoms with Crippen molar-refractivity contribution in [1.82, 2.24) is 4.98 Å². The number of hydrogen-bond donors (Lipinski definition) is 2. The van der Waals surface area contributed by atoms with E-state index in [1.807, 2.05) is 17.5 Å². The summed E-state index contributed by atoms with van der Waals surface area (Å²) < 4.78 is 0. The van der Waals surface area contributed by atoms with Crippen LogP contribution >= 0.6 is 22.7 Å². The molecule has 0 spiro atoms. The molecule has 27 heavy (non-hydrogen) atoms. The van der Waals surface area contributed by atoms with Gasteiger partial charge in [-0.3, -0.25) is 9.59 Å². The largest absolute Gasteiger partial charge is 0.312 e. The van der Waals surface area contributed by atoms with Gasteiger partial charge < -0.3 is 10.6 Å². The highest BCUT2D eigenvalue weighted by molar-refractivity contribution is 7.17. The Balaban J connectivity index is 1.67. The average Bonchev–Trinajstić information content (AvgIpc) is 3.26. The Bertz CT molecular complexity index is 949. The van der Waals surface area contributed by atoms with E-state index in [1.54, 1.807) is 24.4 Å². The normalized spacial score (nSPS) is 13.5. The van der Waals surface area contributed by atoms with Crippen LogP contribution in [-0.4, -0.2) is 16.8 Å². The molecule has 0 aliphatic heterocycles. The average molecular weight is 398 g/mol. The van der Waals surface area contributed by atoms with Gasteiger partial charge in [0.2, 0.25) is 0 Å². The van der Waals surface area contributed by atoms with Gasteiger partial charge in [-0.2, -0.15) is 0 Å². The molecule has 1 aliphatic carbocycles. The van der Waals surface area contributed by atoms with Gasteiger partial charge in [0.15, 0.2) is 0 Å². The van der Waals surface area contributed by atoms with Gasteiger partial charge in [-0.15, -0.1) is 22.7 Å². The summed E-state index contributed by atoms with van der Waals surface area (Å²) in [5, 5.41) is 8.34. The summed E-state index contributed by atoms with van der Waals surface area (Å²) in [6.45, 7) is 0. The van der Waals surface area contributed by atoms with E-state index in [4.69, 9.17) is 0 Å². The molecule has 0 saturated carbocycles. The van der Waals surface area contributed by atoms with Crippen molar-refractivity contribution >= 4 is 45.3 Å². The lowest BCUT2D eigenvalue weighted by atomic mass is 10.0. The lowest BCUT2D eigenvalue weighted by Gasteiger charge is -2.09. The van der Waals surface area contributed by atoms with Crippen molar-refractivity contribution in [2.75, 3.05) is 10.6 Å². The first-order valence-electron chi connectivity index (χ1n) is 8.94. The van der Waals surface area contributed by atoms with Crippen LogP contribution in [0.5, 0.6) is 0 Å². The summed E-state index contributed by atoms with van der Waals surface area (Å²) in [5.41, 5.74) is 1.67. The summed E-state index contributed by atoms with van der Waals surface area (Å²) in [7, 11) is 0. The minimum atomic E-state index is -0.213. The molecule has 2 N–H and O–H groups in total. The second-order valence-electron chi connectivity index (χ2n) is 6.37. The van der Waals surface area contributed by atoms with Crippen LogP contribution in [0.1, 0.15) is 49.7 Å². The molecule has 0 radical (unpaired) electrons. The van der Waals surface area contributed by atoms with Crippen molar-refractivity contribution in [2.45, 2.75) is 32.1 Å². The predicted molar refractivity (Wildman–Crippen MR) is 110 cm³/mol. The maximum atomic E-state index is 13.1. The van der Waals surface area contributed by atoms with E-state index in [2.05, 4.69) is 15.6 Å². The number of carbonyl (C=O) groups excluding carboxylic acids is 2. The summed E-state index contributed by atoms with van der Waals surface area (Å²) in [5.74, 6) is 0.120.